The third-order valence-electron chi connectivity index (χ3n) is 2.89. The van der Waals surface area contributed by atoms with Gasteiger partial charge >= 0.3 is 0 Å². The number of nitro groups is 1. The molecule has 0 saturated carbocycles. The van der Waals surface area contributed by atoms with Crippen molar-refractivity contribution >= 4 is 11.4 Å². The number of hydrogen-bond acceptors (Lipinski definition) is 4. The van der Waals surface area contributed by atoms with Gasteiger partial charge in [-0.3, -0.25) is 10.1 Å². The Balaban J connectivity index is 2.55. The molecule has 1 aromatic carbocycles. The van der Waals surface area contributed by atoms with Crippen molar-refractivity contribution in [2.45, 2.75) is 39.7 Å². The molecular formula is C14H23N3O2. The first-order chi connectivity index (χ1) is 9.04. The molecule has 0 atom stereocenters. The van der Waals surface area contributed by atoms with Crippen molar-refractivity contribution in [3.05, 3.63) is 33.9 Å². The average Bonchev–Trinajstić information content (AvgIpc) is 2.38. The molecule has 106 valence electrons. The molecule has 0 aliphatic rings. The standard InChI is InChI=1S/C14H23N3O2/c1-4-12-6-7-13(14(10-12)17(18)19)16-9-5-8-15-11(2)3/h6-7,10-11,15-16H,4-5,8-9H2,1-3H3. The van der Waals surface area contributed by atoms with Crippen LogP contribution in [0.1, 0.15) is 32.8 Å². The zero-order valence-corrected chi connectivity index (χ0v) is 11.9. The summed E-state index contributed by atoms with van der Waals surface area (Å²) in [5.74, 6) is 0. The highest BCUT2D eigenvalue weighted by Crippen LogP contribution is 2.25. The van der Waals surface area contributed by atoms with Crippen molar-refractivity contribution in [1.29, 1.82) is 0 Å². The molecule has 2 N–H and O–H groups in total. The molecule has 5 heteroatoms. The van der Waals surface area contributed by atoms with Crippen LogP contribution in [0.4, 0.5) is 11.4 Å². The summed E-state index contributed by atoms with van der Waals surface area (Å²) >= 11 is 0. The van der Waals surface area contributed by atoms with E-state index in [-0.39, 0.29) is 10.6 Å². The fraction of sp³-hybridized carbons (Fsp3) is 0.571. The van der Waals surface area contributed by atoms with Crippen molar-refractivity contribution in [3.63, 3.8) is 0 Å². The lowest BCUT2D eigenvalue weighted by Gasteiger charge is -2.10. The van der Waals surface area contributed by atoms with Crippen molar-refractivity contribution < 1.29 is 4.92 Å². The zero-order chi connectivity index (χ0) is 14.3. The lowest BCUT2D eigenvalue weighted by atomic mass is 10.1. The maximum atomic E-state index is 11.0. The molecule has 0 saturated heterocycles. The molecule has 0 unspecified atom stereocenters. The smallest absolute Gasteiger partial charge is 0.292 e. The van der Waals surface area contributed by atoms with E-state index in [1.807, 2.05) is 13.0 Å². The average molecular weight is 265 g/mol. The van der Waals surface area contributed by atoms with Gasteiger partial charge in [0.05, 0.1) is 4.92 Å². The van der Waals surface area contributed by atoms with Crippen LogP contribution in [-0.4, -0.2) is 24.1 Å². The first kappa shape index (κ1) is 15.4. The minimum Gasteiger partial charge on any atom is -0.379 e. The van der Waals surface area contributed by atoms with E-state index < -0.39 is 0 Å². The Morgan fingerprint density at radius 2 is 2.05 bits per heavy atom. The summed E-state index contributed by atoms with van der Waals surface area (Å²) in [6, 6.07) is 5.85. The van der Waals surface area contributed by atoms with E-state index in [1.54, 1.807) is 12.1 Å². The SMILES string of the molecule is CCc1ccc(NCCCNC(C)C)c([N+](=O)[O-])c1. The van der Waals surface area contributed by atoms with Gasteiger partial charge in [-0.2, -0.15) is 0 Å². The number of nitro benzene ring substituents is 1. The highest BCUT2D eigenvalue weighted by Gasteiger charge is 2.13. The van der Waals surface area contributed by atoms with Crippen LogP contribution in [-0.2, 0) is 6.42 Å². The molecule has 0 aromatic heterocycles. The quantitative estimate of drug-likeness (QED) is 0.431. The Morgan fingerprint density at radius 1 is 1.32 bits per heavy atom. The van der Waals surface area contributed by atoms with E-state index in [2.05, 4.69) is 24.5 Å². The Morgan fingerprint density at radius 3 is 2.63 bits per heavy atom. The van der Waals surface area contributed by atoms with Gasteiger partial charge < -0.3 is 10.6 Å². The molecule has 1 rings (SSSR count). The Kier molecular flexibility index (Phi) is 6.29. The number of hydrogen-bond donors (Lipinski definition) is 2. The topological polar surface area (TPSA) is 67.2 Å². The highest BCUT2D eigenvalue weighted by molar-refractivity contribution is 5.62. The molecule has 0 aliphatic carbocycles. The predicted molar refractivity (Wildman–Crippen MR) is 78.7 cm³/mol. The maximum absolute atomic E-state index is 11.0. The van der Waals surface area contributed by atoms with Gasteiger partial charge in [-0.05, 0) is 31.0 Å². The first-order valence-electron chi connectivity index (χ1n) is 6.79. The van der Waals surface area contributed by atoms with Gasteiger partial charge in [-0.15, -0.1) is 0 Å². The second-order valence-electron chi connectivity index (χ2n) is 4.85. The van der Waals surface area contributed by atoms with E-state index in [9.17, 15) is 10.1 Å². The van der Waals surface area contributed by atoms with Gasteiger partial charge in [-0.1, -0.05) is 26.8 Å². The highest BCUT2D eigenvalue weighted by atomic mass is 16.6. The van der Waals surface area contributed by atoms with Crippen molar-refractivity contribution in [2.24, 2.45) is 0 Å². The predicted octanol–water partition coefficient (Wildman–Crippen LogP) is 2.96. The molecule has 0 aliphatic heterocycles. The fourth-order valence-electron chi connectivity index (χ4n) is 1.80. The summed E-state index contributed by atoms with van der Waals surface area (Å²) in [7, 11) is 0. The molecule has 19 heavy (non-hydrogen) atoms. The minimum absolute atomic E-state index is 0.163. The fourth-order valence-corrected chi connectivity index (χ4v) is 1.80. The number of rotatable bonds is 8. The number of anilines is 1. The molecular weight excluding hydrogens is 242 g/mol. The molecule has 0 bridgehead atoms. The van der Waals surface area contributed by atoms with E-state index in [4.69, 9.17) is 0 Å². The number of benzene rings is 1. The Labute approximate surface area is 114 Å². The van der Waals surface area contributed by atoms with Crippen LogP contribution in [0.2, 0.25) is 0 Å². The van der Waals surface area contributed by atoms with Crippen LogP contribution in [0, 0.1) is 10.1 Å². The van der Waals surface area contributed by atoms with Crippen LogP contribution in [0.25, 0.3) is 0 Å². The second kappa shape index (κ2) is 7.74. The van der Waals surface area contributed by atoms with E-state index in [1.165, 1.54) is 0 Å². The third-order valence-corrected chi connectivity index (χ3v) is 2.89. The van der Waals surface area contributed by atoms with Gasteiger partial charge in [-0.25, -0.2) is 0 Å². The van der Waals surface area contributed by atoms with E-state index >= 15 is 0 Å². The second-order valence-corrected chi connectivity index (χ2v) is 4.85. The molecule has 0 fully saturated rings. The normalized spacial score (nSPS) is 10.7. The summed E-state index contributed by atoms with van der Waals surface area (Å²) in [6.45, 7) is 7.82. The number of nitrogens with zero attached hydrogens (tertiary/aromatic N) is 1. The van der Waals surface area contributed by atoms with E-state index in [0.29, 0.717) is 11.7 Å². The summed E-state index contributed by atoms with van der Waals surface area (Å²) in [5, 5.41) is 17.5. The largest absolute Gasteiger partial charge is 0.379 e. The lowest BCUT2D eigenvalue weighted by molar-refractivity contribution is -0.384. The Hall–Kier alpha value is -1.62. The van der Waals surface area contributed by atoms with Crippen molar-refractivity contribution in [2.75, 3.05) is 18.4 Å². The first-order valence-corrected chi connectivity index (χ1v) is 6.79. The summed E-state index contributed by atoms with van der Waals surface area (Å²) in [5.41, 5.74) is 1.75. The number of nitrogens with one attached hydrogen (secondary N) is 2. The van der Waals surface area contributed by atoms with Crippen LogP contribution in [0.5, 0.6) is 0 Å². The zero-order valence-electron chi connectivity index (χ0n) is 11.9. The monoisotopic (exact) mass is 265 g/mol. The van der Waals surface area contributed by atoms with E-state index in [0.717, 1.165) is 31.5 Å². The van der Waals surface area contributed by atoms with Gasteiger partial charge in [0.1, 0.15) is 5.69 Å². The third kappa shape index (κ3) is 5.26. The van der Waals surface area contributed by atoms with Crippen LogP contribution >= 0.6 is 0 Å². The molecule has 0 amide bonds. The maximum Gasteiger partial charge on any atom is 0.292 e. The lowest BCUT2D eigenvalue weighted by Crippen LogP contribution is -2.25. The van der Waals surface area contributed by atoms with Crippen LogP contribution in [0.3, 0.4) is 0 Å². The molecule has 5 nitrogen and oxygen atoms in total. The summed E-state index contributed by atoms with van der Waals surface area (Å²) in [4.78, 5) is 10.7. The van der Waals surface area contributed by atoms with Crippen LogP contribution in [0.15, 0.2) is 18.2 Å². The Bertz CT molecular complexity index is 419. The summed E-state index contributed by atoms with van der Waals surface area (Å²) < 4.78 is 0. The van der Waals surface area contributed by atoms with Crippen molar-refractivity contribution in [3.8, 4) is 0 Å². The molecule has 0 heterocycles. The summed E-state index contributed by atoms with van der Waals surface area (Å²) in [6.07, 6.45) is 1.74. The molecule has 0 spiro atoms. The van der Waals surface area contributed by atoms with Gasteiger partial charge in [0.2, 0.25) is 0 Å². The van der Waals surface area contributed by atoms with Crippen molar-refractivity contribution in [1.82, 2.24) is 5.32 Å². The van der Waals surface area contributed by atoms with Gasteiger partial charge in [0, 0.05) is 18.7 Å². The van der Waals surface area contributed by atoms with Gasteiger partial charge in [0.15, 0.2) is 0 Å². The molecule has 0 radical (unpaired) electrons. The minimum atomic E-state index is -0.326. The molecule has 1 aromatic rings. The van der Waals surface area contributed by atoms with Gasteiger partial charge in [0.25, 0.3) is 5.69 Å². The number of aryl methyl sites for hydroxylation is 1. The van der Waals surface area contributed by atoms with Crippen LogP contribution < -0.4 is 10.6 Å².